The molecule has 2 rings (SSSR count). The number of nitrogens with zero attached hydrogens (tertiary/aromatic N) is 2. The summed E-state index contributed by atoms with van der Waals surface area (Å²) in [4.78, 5) is 11.3. The van der Waals surface area contributed by atoms with Crippen LogP contribution in [0, 0.1) is 13.8 Å². The van der Waals surface area contributed by atoms with Gasteiger partial charge in [0.15, 0.2) is 0 Å². The molecule has 0 saturated heterocycles. The van der Waals surface area contributed by atoms with Crippen LogP contribution in [0.5, 0.6) is 0 Å². The average Bonchev–Trinajstić information content (AvgIpc) is 2.65. The van der Waals surface area contributed by atoms with E-state index in [0.29, 0.717) is 16.3 Å². The second-order valence-corrected chi connectivity index (χ2v) is 5.54. The Bertz CT molecular complexity index is 693. The molecule has 6 heteroatoms. The first-order valence-corrected chi connectivity index (χ1v) is 7.05. The molecular weight excluding hydrogens is 288 g/mol. The number of carbonyl (C=O) groups is 1. The number of benzene rings is 1. The van der Waals surface area contributed by atoms with E-state index in [1.54, 1.807) is 18.2 Å². The summed E-state index contributed by atoms with van der Waals surface area (Å²) in [5, 5.41) is 8.28. The first-order chi connectivity index (χ1) is 9.81. The Hall–Kier alpha value is -2.01. The van der Waals surface area contributed by atoms with E-state index in [1.165, 1.54) is 0 Å². The normalized spacial score (nSPS) is 12.2. The number of nitrogens with two attached hydrogens (primary N) is 1. The number of aromatic nitrogens is 2. The van der Waals surface area contributed by atoms with E-state index in [-0.39, 0.29) is 6.04 Å². The number of rotatable bonds is 4. The van der Waals surface area contributed by atoms with Crippen molar-refractivity contribution >= 4 is 23.2 Å². The molecule has 21 heavy (non-hydrogen) atoms. The van der Waals surface area contributed by atoms with Gasteiger partial charge in [0.1, 0.15) is 0 Å². The molecule has 1 aromatic heterocycles. The summed E-state index contributed by atoms with van der Waals surface area (Å²) in [6.07, 6.45) is 0. The maximum atomic E-state index is 11.3. The fourth-order valence-electron chi connectivity index (χ4n) is 2.51. The van der Waals surface area contributed by atoms with Gasteiger partial charge in [-0.25, -0.2) is 0 Å². The molecule has 1 unspecified atom stereocenters. The summed E-state index contributed by atoms with van der Waals surface area (Å²) in [7, 11) is 1.92. The van der Waals surface area contributed by atoms with Crippen molar-refractivity contribution in [3.05, 3.63) is 45.7 Å². The highest BCUT2D eigenvalue weighted by Crippen LogP contribution is 2.29. The lowest BCUT2D eigenvalue weighted by Crippen LogP contribution is -2.13. The van der Waals surface area contributed by atoms with Crippen LogP contribution in [0.1, 0.15) is 40.3 Å². The van der Waals surface area contributed by atoms with E-state index in [0.717, 1.165) is 17.0 Å². The third-order valence-corrected chi connectivity index (χ3v) is 3.95. The molecule has 1 atom stereocenters. The Morgan fingerprint density at radius 1 is 1.43 bits per heavy atom. The van der Waals surface area contributed by atoms with E-state index < -0.39 is 5.91 Å². The minimum absolute atomic E-state index is 0.0133. The summed E-state index contributed by atoms with van der Waals surface area (Å²) in [5.74, 6) is -0.476. The molecule has 0 aliphatic rings. The highest BCUT2D eigenvalue weighted by Gasteiger charge is 2.17. The SMILES string of the molecule is Cc1nn(C)c(C)c1C(C)Nc1cc(C(N)=O)ccc1Cl. The highest BCUT2D eigenvalue weighted by atomic mass is 35.5. The monoisotopic (exact) mass is 306 g/mol. The van der Waals surface area contributed by atoms with Crippen molar-refractivity contribution in [1.82, 2.24) is 9.78 Å². The standard InChI is InChI=1S/C15H19ClN4O/c1-8(14-9(2)19-20(4)10(14)3)18-13-7-11(15(17)21)5-6-12(13)16/h5-8,18H,1-4H3,(H2,17,21). The lowest BCUT2D eigenvalue weighted by molar-refractivity contribution is 0.100. The van der Waals surface area contributed by atoms with Gasteiger partial charge in [-0.2, -0.15) is 5.10 Å². The lowest BCUT2D eigenvalue weighted by Gasteiger charge is -2.17. The number of halogens is 1. The third-order valence-electron chi connectivity index (χ3n) is 3.62. The summed E-state index contributed by atoms with van der Waals surface area (Å²) in [6, 6.07) is 4.96. The molecule has 112 valence electrons. The van der Waals surface area contributed by atoms with Crippen molar-refractivity contribution < 1.29 is 4.79 Å². The number of amides is 1. The van der Waals surface area contributed by atoms with E-state index in [1.807, 2.05) is 32.5 Å². The Balaban J connectivity index is 2.33. The molecule has 0 spiro atoms. The molecule has 1 amide bonds. The van der Waals surface area contributed by atoms with Crippen LogP contribution in [0.15, 0.2) is 18.2 Å². The molecule has 0 radical (unpaired) electrons. The van der Waals surface area contributed by atoms with Crippen LogP contribution in [-0.4, -0.2) is 15.7 Å². The maximum Gasteiger partial charge on any atom is 0.248 e. The zero-order chi connectivity index (χ0) is 15.7. The molecule has 0 fully saturated rings. The smallest absolute Gasteiger partial charge is 0.248 e. The number of hydrogen-bond donors (Lipinski definition) is 2. The number of primary amides is 1. The molecule has 0 saturated carbocycles. The van der Waals surface area contributed by atoms with Gasteiger partial charge >= 0.3 is 0 Å². The van der Waals surface area contributed by atoms with Crippen molar-refractivity contribution in [2.45, 2.75) is 26.8 Å². The summed E-state index contributed by atoms with van der Waals surface area (Å²) in [6.45, 7) is 6.03. The number of anilines is 1. The molecule has 0 aliphatic heterocycles. The third kappa shape index (κ3) is 3.03. The predicted octanol–water partition coefficient (Wildman–Crippen LogP) is 2.96. The van der Waals surface area contributed by atoms with Crippen molar-refractivity contribution in [3.8, 4) is 0 Å². The van der Waals surface area contributed by atoms with Crippen LogP contribution in [0.4, 0.5) is 5.69 Å². The summed E-state index contributed by atoms with van der Waals surface area (Å²) >= 11 is 6.18. The molecule has 0 aliphatic carbocycles. The zero-order valence-electron chi connectivity index (χ0n) is 12.6. The fourth-order valence-corrected chi connectivity index (χ4v) is 2.68. The van der Waals surface area contributed by atoms with Crippen LogP contribution in [0.2, 0.25) is 5.02 Å². The highest BCUT2D eigenvalue weighted by molar-refractivity contribution is 6.33. The maximum absolute atomic E-state index is 11.3. The Morgan fingerprint density at radius 2 is 2.10 bits per heavy atom. The second kappa shape index (κ2) is 5.77. The Morgan fingerprint density at radius 3 is 2.62 bits per heavy atom. The fraction of sp³-hybridized carbons (Fsp3) is 0.333. The van der Waals surface area contributed by atoms with Gasteiger partial charge in [0.2, 0.25) is 5.91 Å². The van der Waals surface area contributed by atoms with Gasteiger partial charge in [0.05, 0.1) is 22.4 Å². The number of aryl methyl sites for hydroxylation is 2. The topological polar surface area (TPSA) is 72.9 Å². The molecular formula is C15H19ClN4O. The Labute approximate surface area is 129 Å². The molecule has 1 heterocycles. The molecule has 2 aromatic rings. The van der Waals surface area contributed by atoms with Crippen molar-refractivity contribution in [1.29, 1.82) is 0 Å². The van der Waals surface area contributed by atoms with Crippen LogP contribution >= 0.6 is 11.6 Å². The number of nitrogens with one attached hydrogen (secondary N) is 1. The quantitative estimate of drug-likeness (QED) is 0.912. The van der Waals surface area contributed by atoms with E-state index in [2.05, 4.69) is 10.4 Å². The van der Waals surface area contributed by atoms with Gasteiger partial charge < -0.3 is 11.1 Å². The number of carbonyl (C=O) groups excluding carboxylic acids is 1. The Kier molecular flexibility index (Phi) is 4.23. The van der Waals surface area contributed by atoms with Gasteiger partial charge in [-0.15, -0.1) is 0 Å². The van der Waals surface area contributed by atoms with Crippen molar-refractivity contribution in [3.63, 3.8) is 0 Å². The van der Waals surface area contributed by atoms with Gasteiger partial charge in [0.25, 0.3) is 0 Å². The molecule has 5 nitrogen and oxygen atoms in total. The van der Waals surface area contributed by atoms with E-state index in [4.69, 9.17) is 17.3 Å². The molecule has 1 aromatic carbocycles. The van der Waals surface area contributed by atoms with E-state index >= 15 is 0 Å². The molecule has 0 bridgehead atoms. The van der Waals surface area contributed by atoms with Crippen molar-refractivity contribution in [2.24, 2.45) is 12.8 Å². The summed E-state index contributed by atoms with van der Waals surface area (Å²) < 4.78 is 1.85. The zero-order valence-corrected chi connectivity index (χ0v) is 13.3. The van der Waals surface area contributed by atoms with Crippen LogP contribution in [0.25, 0.3) is 0 Å². The van der Waals surface area contributed by atoms with Gasteiger partial charge in [-0.05, 0) is 39.0 Å². The van der Waals surface area contributed by atoms with E-state index in [9.17, 15) is 4.79 Å². The predicted molar refractivity (Wildman–Crippen MR) is 84.7 cm³/mol. The minimum Gasteiger partial charge on any atom is -0.377 e. The van der Waals surface area contributed by atoms with Gasteiger partial charge in [-0.1, -0.05) is 11.6 Å². The lowest BCUT2D eigenvalue weighted by atomic mass is 10.1. The van der Waals surface area contributed by atoms with Gasteiger partial charge in [-0.3, -0.25) is 9.48 Å². The second-order valence-electron chi connectivity index (χ2n) is 5.13. The van der Waals surface area contributed by atoms with Crippen LogP contribution in [-0.2, 0) is 7.05 Å². The van der Waals surface area contributed by atoms with Gasteiger partial charge in [0, 0.05) is 23.9 Å². The first-order valence-electron chi connectivity index (χ1n) is 6.67. The largest absolute Gasteiger partial charge is 0.377 e. The van der Waals surface area contributed by atoms with Crippen molar-refractivity contribution in [2.75, 3.05) is 5.32 Å². The average molecular weight is 307 g/mol. The van der Waals surface area contributed by atoms with Crippen LogP contribution < -0.4 is 11.1 Å². The summed E-state index contributed by atoms with van der Waals surface area (Å²) in [5.41, 5.74) is 9.60. The first kappa shape index (κ1) is 15.4. The molecule has 3 N–H and O–H groups in total. The minimum atomic E-state index is -0.476. The number of hydrogen-bond acceptors (Lipinski definition) is 3. The van der Waals surface area contributed by atoms with Crippen LogP contribution in [0.3, 0.4) is 0 Å².